The van der Waals surface area contributed by atoms with E-state index < -0.39 is 0 Å². The number of hydrogen-bond acceptors (Lipinski definition) is 4. The molecule has 0 saturated carbocycles. The zero-order chi connectivity index (χ0) is 14.0. The van der Waals surface area contributed by atoms with Crippen LogP contribution in [0.5, 0.6) is 0 Å². The van der Waals surface area contributed by atoms with Gasteiger partial charge >= 0.3 is 0 Å². The van der Waals surface area contributed by atoms with Crippen LogP contribution in [0.15, 0.2) is 16.8 Å². The highest BCUT2D eigenvalue weighted by molar-refractivity contribution is 6.34. The summed E-state index contributed by atoms with van der Waals surface area (Å²) in [4.78, 5) is 16.0. The highest BCUT2D eigenvalue weighted by Crippen LogP contribution is 2.23. The summed E-state index contributed by atoms with van der Waals surface area (Å²) in [7, 11) is 0. The molecule has 0 saturated heterocycles. The Balaban J connectivity index is 2.12. The van der Waals surface area contributed by atoms with Gasteiger partial charge in [0.1, 0.15) is 5.76 Å². The van der Waals surface area contributed by atoms with E-state index in [0.29, 0.717) is 22.2 Å². The molecule has 2 heterocycles. The highest BCUT2D eigenvalue weighted by atomic mass is 35.5. The van der Waals surface area contributed by atoms with E-state index in [9.17, 15) is 4.79 Å². The Labute approximate surface area is 116 Å². The zero-order valence-electron chi connectivity index (χ0n) is 11.0. The number of aryl methyl sites for hydroxylation is 3. The molecule has 0 unspecified atom stereocenters. The first-order chi connectivity index (χ1) is 8.99. The number of halogens is 1. The normalized spacial score (nSPS) is 10.5. The van der Waals surface area contributed by atoms with Crippen molar-refractivity contribution in [3.05, 3.63) is 40.0 Å². The van der Waals surface area contributed by atoms with Gasteiger partial charge in [0.05, 0.1) is 28.5 Å². The number of amides is 1. The maximum atomic E-state index is 12.0. The van der Waals surface area contributed by atoms with Crippen LogP contribution in [0, 0.1) is 20.8 Å². The summed E-state index contributed by atoms with van der Waals surface area (Å²) in [5.74, 6) is 0.492. The minimum absolute atomic E-state index is 0.165. The lowest BCUT2D eigenvalue weighted by molar-refractivity contribution is -0.115. The number of rotatable bonds is 3. The Morgan fingerprint density at radius 2 is 2.11 bits per heavy atom. The summed E-state index contributed by atoms with van der Waals surface area (Å²) in [6.45, 7) is 5.38. The summed E-state index contributed by atoms with van der Waals surface area (Å²) in [5.41, 5.74) is 2.77. The van der Waals surface area contributed by atoms with Crippen molar-refractivity contribution in [1.29, 1.82) is 0 Å². The van der Waals surface area contributed by atoms with Gasteiger partial charge in [-0.25, -0.2) is 0 Å². The SMILES string of the molecule is Cc1nccc(NC(=O)Cc2c(C)noc2C)c1Cl. The van der Waals surface area contributed by atoms with Gasteiger partial charge in [0, 0.05) is 11.8 Å². The number of pyridine rings is 1. The van der Waals surface area contributed by atoms with E-state index in [0.717, 1.165) is 11.3 Å². The van der Waals surface area contributed by atoms with Crippen LogP contribution < -0.4 is 5.32 Å². The van der Waals surface area contributed by atoms with Crippen molar-refractivity contribution >= 4 is 23.2 Å². The van der Waals surface area contributed by atoms with E-state index in [1.54, 1.807) is 26.1 Å². The van der Waals surface area contributed by atoms with Crippen LogP contribution in [0.25, 0.3) is 0 Å². The summed E-state index contributed by atoms with van der Waals surface area (Å²) in [6.07, 6.45) is 1.81. The lowest BCUT2D eigenvalue weighted by Gasteiger charge is -2.08. The van der Waals surface area contributed by atoms with Crippen molar-refractivity contribution in [1.82, 2.24) is 10.1 Å². The summed E-state index contributed by atoms with van der Waals surface area (Å²) >= 11 is 6.07. The van der Waals surface area contributed by atoms with Crippen molar-refractivity contribution in [3.8, 4) is 0 Å². The van der Waals surface area contributed by atoms with Crippen LogP contribution in [-0.4, -0.2) is 16.0 Å². The first-order valence-corrected chi connectivity index (χ1v) is 6.19. The molecule has 5 nitrogen and oxygen atoms in total. The second-order valence-corrected chi connectivity index (χ2v) is 4.66. The molecule has 19 heavy (non-hydrogen) atoms. The molecule has 0 aliphatic heterocycles. The van der Waals surface area contributed by atoms with Crippen LogP contribution in [0.4, 0.5) is 5.69 Å². The molecule has 0 aliphatic carbocycles. The molecule has 0 aliphatic rings. The van der Waals surface area contributed by atoms with Crippen molar-refractivity contribution in [2.45, 2.75) is 27.2 Å². The minimum Gasteiger partial charge on any atom is -0.361 e. The van der Waals surface area contributed by atoms with Crippen molar-refractivity contribution < 1.29 is 9.32 Å². The van der Waals surface area contributed by atoms with E-state index in [1.165, 1.54) is 0 Å². The first kappa shape index (κ1) is 13.5. The number of nitrogens with one attached hydrogen (secondary N) is 1. The van der Waals surface area contributed by atoms with Crippen LogP contribution in [0.3, 0.4) is 0 Å². The van der Waals surface area contributed by atoms with Crippen molar-refractivity contribution in [2.75, 3.05) is 5.32 Å². The quantitative estimate of drug-likeness (QED) is 0.938. The molecule has 2 rings (SSSR count). The molecular weight excluding hydrogens is 266 g/mol. The molecule has 1 N–H and O–H groups in total. The molecule has 6 heteroatoms. The Hall–Kier alpha value is -1.88. The number of carbonyl (C=O) groups is 1. The fraction of sp³-hybridized carbons (Fsp3) is 0.308. The number of hydrogen-bond donors (Lipinski definition) is 1. The first-order valence-electron chi connectivity index (χ1n) is 5.81. The summed E-state index contributed by atoms with van der Waals surface area (Å²) in [6, 6.07) is 1.67. The van der Waals surface area contributed by atoms with Crippen LogP contribution in [-0.2, 0) is 11.2 Å². The predicted molar refractivity (Wildman–Crippen MR) is 72.3 cm³/mol. The Kier molecular flexibility index (Phi) is 3.85. The third kappa shape index (κ3) is 2.93. The van der Waals surface area contributed by atoms with Gasteiger partial charge in [-0.3, -0.25) is 9.78 Å². The molecule has 2 aromatic rings. The molecule has 0 bridgehead atoms. The maximum absolute atomic E-state index is 12.0. The molecule has 1 amide bonds. The van der Waals surface area contributed by atoms with E-state index in [-0.39, 0.29) is 12.3 Å². The molecule has 0 aromatic carbocycles. The standard InChI is InChI=1S/C13H14ClN3O2/c1-7-10(9(3)19-17-7)6-12(18)16-11-4-5-15-8(2)13(11)14/h4-5H,6H2,1-3H3,(H,15,16,18). The Bertz CT molecular complexity index is 603. The minimum atomic E-state index is -0.165. The molecule has 0 radical (unpaired) electrons. The van der Waals surface area contributed by atoms with Gasteiger partial charge in [0.15, 0.2) is 0 Å². The van der Waals surface area contributed by atoms with E-state index in [1.807, 2.05) is 6.92 Å². The van der Waals surface area contributed by atoms with E-state index >= 15 is 0 Å². The van der Waals surface area contributed by atoms with Crippen LogP contribution in [0.2, 0.25) is 5.02 Å². The van der Waals surface area contributed by atoms with Gasteiger partial charge in [-0.2, -0.15) is 0 Å². The molecule has 2 aromatic heterocycles. The molecule has 0 fully saturated rings. The lowest BCUT2D eigenvalue weighted by Crippen LogP contribution is -2.15. The maximum Gasteiger partial charge on any atom is 0.229 e. The zero-order valence-corrected chi connectivity index (χ0v) is 11.7. The van der Waals surface area contributed by atoms with Gasteiger partial charge in [-0.15, -0.1) is 0 Å². The second kappa shape index (κ2) is 5.40. The average Bonchev–Trinajstić information content (AvgIpc) is 2.67. The van der Waals surface area contributed by atoms with E-state index in [2.05, 4.69) is 15.5 Å². The fourth-order valence-corrected chi connectivity index (χ4v) is 1.91. The van der Waals surface area contributed by atoms with E-state index in [4.69, 9.17) is 16.1 Å². The smallest absolute Gasteiger partial charge is 0.229 e. The van der Waals surface area contributed by atoms with Gasteiger partial charge in [-0.1, -0.05) is 16.8 Å². The number of carbonyl (C=O) groups excluding carboxylic acids is 1. The van der Waals surface area contributed by atoms with Gasteiger partial charge in [-0.05, 0) is 26.8 Å². The monoisotopic (exact) mass is 279 g/mol. The Morgan fingerprint density at radius 3 is 2.74 bits per heavy atom. The van der Waals surface area contributed by atoms with Gasteiger partial charge in [0.2, 0.25) is 5.91 Å². The van der Waals surface area contributed by atoms with Crippen molar-refractivity contribution in [2.24, 2.45) is 0 Å². The topological polar surface area (TPSA) is 68.0 Å². The number of anilines is 1. The van der Waals surface area contributed by atoms with Crippen molar-refractivity contribution in [3.63, 3.8) is 0 Å². The highest BCUT2D eigenvalue weighted by Gasteiger charge is 2.14. The molecule has 0 spiro atoms. The van der Waals surface area contributed by atoms with Gasteiger partial charge < -0.3 is 9.84 Å². The second-order valence-electron chi connectivity index (χ2n) is 4.29. The van der Waals surface area contributed by atoms with Gasteiger partial charge in [0.25, 0.3) is 0 Å². The van der Waals surface area contributed by atoms with Crippen LogP contribution in [0.1, 0.15) is 22.7 Å². The molecule has 100 valence electrons. The summed E-state index contributed by atoms with van der Waals surface area (Å²) < 4.78 is 5.02. The molecule has 0 atom stereocenters. The predicted octanol–water partition coefficient (Wildman–Crippen LogP) is 2.83. The number of nitrogens with zero attached hydrogens (tertiary/aromatic N) is 2. The third-order valence-corrected chi connectivity index (χ3v) is 3.33. The average molecular weight is 280 g/mol. The largest absolute Gasteiger partial charge is 0.361 e. The lowest BCUT2D eigenvalue weighted by atomic mass is 10.1. The van der Waals surface area contributed by atoms with Crippen LogP contribution >= 0.6 is 11.6 Å². The summed E-state index contributed by atoms with van der Waals surface area (Å²) in [5, 5.41) is 7.03. The molecular formula is C13H14ClN3O2. The number of aromatic nitrogens is 2. The third-order valence-electron chi connectivity index (χ3n) is 2.86. The Morgan fingerprint density at radius 1 is 1.37 bits per heavy atom. The fourth-order valence-electron chi connectivity index (χ4n) is 1.75.